The maximum atomic E-state index is 13.8. The van der Waals surface area contributed by atoms with Gasteiger partial charge in [-0.05, 0) is 73.2 Å². The van der Waals surface area contributed by atoms with Crippen LogP contribution in [0.25, 0.3) is 11.4 Å². The van der Waals surface area contributed by atoms with Crippen LogP contribution in [0.2, 0.25) is 0 Å². The third-order valence-electron chi connectivity index (χ3n) is 5.93. The number of carbonyl (C=O) groups is 1. The Labute approximate surface area is 223 Å². The highest BCUT2D eigenvalue weighted by molar-refractivity contribution is 9.10. The molecule has 0 radical (unpaired) electrons. The van der Waals surface area contributed by atoms with E-state index in [9.17, 15) is 14.0 Å². The molecule has 1 fully saturated rings. The van der Waals surface area contributed by atoms with E-state index in [-0.39, 0.29) is 12.6 Å². The van der Waals surface area contributed by atoms with Crippen molar-refractivity contribution in [3.63, 3.8) is 0 Å². The molecule has 0 saturated carbocycles. The van der Waals surface area contributed by atoms with E-state index in [0.717, 1.165) is 30.0 Å². The standard InChI is InChI=1S/C27H30BrFN4O4/c1-27(2,3)37-26(35)32-9-7-18(8-10-32)17-36-22-13-30-24(31-14-22)20-6-4-5-19(11-20)15-33-16-21(28)12-23(29)25(33)34/h4-6,11-14,16,18H,7-10,15,17H2,1-3H3. The molecule has 4 rings (SSSR count). The van der Waals surface area contributed by atoms with E-state index >= 15 is 0 Å². The van der Waals surface area contributed by atoms with Gasteiger partial charge in [0.25, 0.3) is 5.56 Å². The molecule has 1 saturated heterocycles. The Morgan fingerprint density at radius 1 is 1.16 bits per heavy atom. The second-order valence-corrected chi connectivity index (χ2v) is 11.0. The van der Waals surface area contributed by atoms with Gasteiger partial charge in [-0.3, -0.25) is 4.79 Å². The van der Waals surface area contributed by atoms with Gasteiger partial charge in [0.2, 0.25) is 0 Å². The molecule has 1 aromatic carbocycles. The normalized spacial score (nSPS) is 14.5. The van der Waals surface area contributed by atoms with Crippen molar-refractivity contribution in [2.24, 2.45) is 5.92 Å². The fourth-order valence-electron chi connectivity index (χ4n) is 4.05. The van der Waals surface area contributed by atoms with Crippen LogP contribution in [0.4, 0.5) is 9.18 Å². The van der Waals surface area contributed by atoms with Crippen LogP contribution < -0.4 is 10.3 Å². The number of aromatic nitrogens is 3. The Hall–Kier alpha value is -3.27. The summed E-state index contributed by atoms with van der Waals surface area (Å²) in [6.07, 6.45) is 6.25. The maximum Gasteiger partial charge on any atom is 0.410 e. The number of carbonyl (C=O) groups excluding carboxylic acids is 1. The van der Waals surface area contributed by atoms with E-state index in [2.05, 4.69) is 25.9 Å². The largest absolute Gasteiger partial charge is 0.490 e. The van der Waals surface area contributed by atoms with Crippen molar-refractivity contribution in [3.05, 3.63) is 75.1 Å². The van der Waals surface area contributed by atoms with Gasteiger partial charge in [-0.25, -0.2) is 19.2 Å². The van der Waals surface area contributed by atoms with Crippen LogP contribution in [0.5, 0.6) is 5.75 Å². The number of benzene rings is 1. The molecule has 1 amide bonds. The second kappa shape index (κ2) is 11.4. The molecule has 2 aromatic heterocycles. The SMILES string of the molecule is CC(C)(C)OC(=O)N1CCC(COc2cnc(-c3cccc(Cn4cc(Br)cc(F)c4=O)c3)nc2)CC1. The van der Waals surface area contributed by atoms with Gasteiger partial charge < -0.3 is 18.9 Å². The van der Waals surface area contributed by atoms with Crippen LogP contribution in [0.3, 0.4) is 0 Å². The molecule has 0 unspecified atom stereocenters. The molecule has 0 atom stereocenters. The number of pyridine rings is 1. The molecule has 0 bridgehead atoms. The van der Waals surface area contributed by atoms with Gasteiger partial charge in [0, 0.05) is 29.3 Å². The fourth-order valence-corrected chi connectivity index (χ4v) is 4.50. The minimum absolute atomic E-state index is 0.219. The van der Waals surface area contributed by atoms with Crippen molar-refractivity contribution >= 4 is 22.0 Å². The van der Waals surface area contributed by atoms with Gasteiger partial charge in [-0.1, -0.05) is 18.2 Å². The van der Waals surface area contributed by atoms with Crippen molar-refractivity contribution < 1.29 is 18.7 Å². The van der Waals surface area contributed by atoms with Crippen molar-refractivity contribution in [1.82, 2.24) is 19.4 Å². The van der Waals surface area contributed by atoms with Crippen LogP contribution in [-0.4, -0.2) is 50.8 Å². The molecule has 3 aromatic rings. The quantitative estimate of drug-likeness (QED) is 0.399. The van der Waals surface area contributed by atoms with E-state index in [1.165, 1.54) is 4.57 Å². The Morgan fingerprint density at radius 2 is 1.86 bits per heavy atom. The maximum absolute atomic E-state index is 13.8. The Kier molecular flexibility index (Phi) is 8.26. The summed E-state index contributed by atoms with van der Waals surface area (Å²) in [5, 5.41) is 0. The monoisotopic (exact) mass is 572 g/mol. The number of rotatable bonds is 6. The van der Waals surface area contributed by atoms with Crippen molar-refractivity contribution in [1.29, 1.82) is 0 Å². The zero-order valence-corrected chi connectivity index (χ0v) is 22.7. The zero-order valence-electron chi connectivity index (χ0n) is 21.1. The summed E-state index contributed by atoms with van der Waals surface area (Å²) in [7, 11) is 0. The summed E-state index contributed by atoms with van der Waals surface area (Å²) in [6.45, 7) is 7.63. The number of amides is 1. The van der Waals surface area contributed by atoms with Gasteiger partial charge in [0.1, 0.15) is 5.60 Å². The zero-order chi connectivity index (χ0) is 26.6. The van der Waals surface area contributed by atoms with Gasteiger partial charge >= 0.3 is 6.09 Å². The lowest BCUT2D eigenvalue weighted by atomic mass is 9.98. The van der Waals surface area contributed by atoms with Crippen molar-refractivity contribution in [2.75, 3.05) is 19.7 Å². The summed E-state index contributed by atoms with van der Waals surface area (Å²) in [4.78, 5) is 34.9. The van der Waals surface area contributed by atoms with Crippen LogP contribution in [0.1, 0.15) is 39.2 Å². The lowest BCUT2D eigenvalue weighted by Crippen LogP contribution is -2.42. The topological polar surface area (TPSA) is 86.5 Å². The first-order valence-corrected chi connectivity index (χ1v) is 12.9. The van der Waals surface area contributed by atoms with E-state index in [1.54, 1.807) is 23.5 Å². The second-order valence-electron chi connectivity index (χ2n) is 10.1. The van der Waals surface area contributed by atoms with E-state index in [1.807, 2.05) is 45.0 Å². The first-order valence-electron chi connectivity index (χ1n) is 12.1. The summed E-state index contributed by atoms with van der Waals surface area (Å²) in [6, 6.07) is 8.61. The summed E-state index contributed by atoms with van der Waals surface area (Å²) < 4.78 is 27.0. The number of ether oxygens (including phenoxy) is 2. The molecular formula is C27H30BrFN4O4. The first-order chi connectivity index (χ1) is 17.6. The van der Waals surface area contributed by atoms with Gasteiger partial charge in [-0.2, -0.15) is 0 Å². The third-order valence-corrected chi connectivity index (χ3v) is 6.36. The molecule has 8 nitrogen and oxygen atoms in total. The van der Waals surface area contributed by atoms with Crippen LogP contribution in [-0.2, 0) is 11.3 Å². The highest BCUT2D eigenvalue weighted by Crippen LogP contribution is 2.22. The smallest absolute Gasteiger partial charge is 0.410 e. The molecule has 1 aliphatic heterocycles. The first kappa shape index (κ1) is 26.8. The van der Waals surface area contributed by atoms with Crippen LogP contribution in [0.15, 0.2) is 58.2 Å². The highest BCUT2D eigenvalue weighted by Gasteiger charge is 2.27. The van der Waals surface area contributed by atoms with Crippen molar-refractivity contribution in [2.45, 2.75) is 45.8 Å². The summed E-state index contributed by atoms with van der Waals surface area (Å²) in [5.74, 6) is 0.623. The predicted molar refractivity (Wildman–Crippen MR) is 141 cm³/mol. The number of hydrogen-bond acceptors (Lipinski definition) is 6. The van der Waals surface area contributed by atoms with E-state index in [4.69, 9.17) is 9.47 Å². The Balaban J connectivity index is 1.31. The fraction of sp³-hybridized carbons (Fsp3) is 0.407. The number of nitrogens with zero attached hydrogens (tertiary/aromatic N) is 4. The average Bonchev–Trinajstić information content (AvgIpc) is 2.85. The van der Waals surface area contributed by atoms with Crippen LogP contribution in [0, 0.1) is 11.7 Å². The summed E-state index contributed by atoms with van der Waals surface area (Å²) >= 11 is 3.22. The summed E-state index contributed by atoms with van der Waals surface area (Å²) in [5.41, 5.74) is 0.422. The van der Waals surface area contributed by atoms with Gasteiger partial charge in [-0.15, -0.1) is 0 Å². The minimum Gasteiger partial charge on any atom is -0.490 e. The number of piperidine rings is 1. The molecule has 3 heterocycles. The van der Waals surface area contributed by atoms with Gasteiger partial charge in [0.15, 0.2) is 17.4 Å². The van der Waals surface area contributed by atoms with Crippen LogP contribution >= 0.6 is 15.9 Å². The lowest BCUT2D eigenvalue weighted by molar-refractivity contribution is 0.0165. The van der Waals surface area contributed by atoms with E-state index in [0.29, 0.717) is 41.7 Å². The lowest BCUT2D eigenvalue weighted by Gasteiger charge is -2.33. The molecule has 0 N–H and O–H groups in total. The Morgan fingerprint density at radius 3 is 2.54 bits per heavy atom. The number of likely N-dealkylation sites (tertiary alicyclic amines) is 1. The van der Waals surface area contributed by atoms with Gasteiger partial charge in [0.05, 0.1) is 25.5 Å². The highest BCUT2D eigenvalue weighted by atomic mass is 79.9. The molecule has 196 valence electrons. The minimum atomic E-state index is -0.807. The molecule has 10 heteroatoms. The predicted octanol–water partition coefficient (Wildman–Crippen LogP) is 5.28. The number of hydrogen-bond donors (Lipinski definition) is 0. The molecule has 37 heavy (non-hydrogen) atoms. The molecule has 0 aliphatic carbocycles. The molecule has 0 spiro atoms. The number of halogens is 2. The Bertz CT molecular complexity index is 1300. The third kappa shape index (κ3) is 7.38. The van der Waals surface area contributed by atoms with Crippen molar-refractivity contribution in [3.8, 4) is 17.1 Å². The molecular weight excluding hydrogens is 543 g/mol. The van der Waals surface area contributed by atoms with E-state index < -0.39 is 17.0 Å². The average molecular weight is 573 g/mol. The molecule has 1 aliphatic rings.